The summed E-state index contributed by atoms with van der Waals surface area (Å²) in [4.78, 5) is 23.1. The van der Waals surface area contributed by atoms with Gasteiger partial charge in [-0.1, -0.05) is 34.6 Å². The SMILES string of the molecule is CC(C)Cn1c(C(C)(C)C)ccc(/C=C/C(=O)O)c1=O. The highest BCUT2D eigenvalue weighted by molar-refractivity contribution is 5.85. The van der Waals surface area contributed by atoms with E-state index >= 15 is 0 Å². The predicted molar refractivity (Wildman–Crippen MR) is 80.9 cm³/mol. The molecular weight excluding hydrogens is 254 g/mol. The van der Waals surface area contributed by atoms with Gasteiger partial charge in [-0.15, -0.1) is 0 Å². The quantitative estimate of drug-likeness (QED) is 0.861. The van der Waals surface area contributed by atoms with E-state index in [4.69, 9.17) is 5.11 Å². The van der Waals surface area contributed by atoms with Gasteiger partial charge in [0.2, 0.25) is 0 Å². The number of carboxylic acid groups (broad SMARTS) is 1. The Labute approximate surface area is 119 Å². The average Bonchev–Trinajstić information content (AvgIpc) is 2.27. The Morgan fingerprint density at radius 1 is 1.35 bits per heavy atom. The molecule has 0 amide bonds. The van der Waals surface area contributed by atoms with Gasteiger partial charge in [0, 0.05) is 29.3 Å². The number of carbonyl (C=O) groups is 1. The van der Waals surface area contributed by atoms with Gasteiger partial charge in [0.1, 0.15) is 0 Å². The Bertz CT molecular complexity index is 574. The van der Waals surface area contributed by atoms with Gasteiger partial charge in [0.15, 0.2) is 0 Å². The number of rotatable bonds is 4. The van der Waals surface area contributed by atoms with Gasteiger partial charge in [-0.3, -0.25) is 4.79 Å². The maximum absolute atomic E-state index is 12.5. The van der Waals surface area contributed by atoms with Crippen LogP contribution in [0.3, 0.4) is 0 Å². The lowest BCUT2D eigenvalue weighted by Crippen LogP contribution is -2.32. The van der Waals surface area contributed by atoms with Crippen LogP contribution in [-0.2, 0) is 16.8 Å². The van der Waals surface area contributed by atoms with Crippen molar-refractivity contribution in [3.05, 3.63) is 39.8 Å². The topological polar surface area (TPSA) is 59.3 Å². The molecule has 0 aliphatic heterocycles. The van der Waals surface area contributed by atoms with E-state index in [0.29, 0.717) is 18.0 Å². The average molecular weight is 277 g/mol. The van der Waals surface area contributed by atoms with Crippen molar-refractivity contribution in [3.8, 4) is 0 Å². The van der Waals surface area contributed by atoms with Crippen molar-refractivity contribution in [1.82, 2.24) is 4.57 Å². The third-order valence-corrected chi connectivity index (χ3v) is 2.93. The van der Waals surface area contributed by atoms with Crippen molar-refractivity contribution < 1.29 is 9.90 Å². The molecule has 4 nitrogen and oxygen atoms in total. The van der Waals surface area contributed by atoms with E-state index in [0.717, 1.165) is 11.8 Å². The van der Waals surface area contributed by atoms with Crippen LogP contribution in [0.5, 0.6) is 0 Å². The molecule has 0 spiro atoms. The van der Waals surface area contributed by atoms with Crippen molar-refractivity contribution >= 4 is 12.0 Å². The predicted octanol–water partition coefficient (Wildman–Crippen LogP) is 2.90. The second kappa shape index (κ2) is 6.07. The Balaban J connectivity index is 3.43. The van der Waals surface area contributed by atoms with E-state index in [1.165, 1.54) is 6.08 Å². The van der Waals surface area contributed by atoms with Crippen LogP contribution in [0.15, 0.2) is 23.0 Å². The summed E-state index contributed by atoms with van der Waals surface area (Å²) in [6, 6.07) is 3.60. The minimum absolute atomic E-state index is 0.136. The number of aromatic nitrogens is 1. The van der Waals surface area contributed by atoms with Gasteiger partial charge >= 0.3 is 5.97 Å². The standard InChI is InChI=1S/C16H23NO3/c1-11(2)10-17-13(16(3,4)5)8-6-12(15(17)20)7-9-14(18)19/h6-9,11H,10H2,1-5H3,(H,18,19)/b9-7+. The fourth-order valence-corrected chi connectivity index (χ4v) is 2.08. The molecule has 0 unspecified atom stereocenters. The highest BCUT2D eigenvalue weighted by Gasteiger charge is 2.20. The van der Waals surface area contributed by atoms with Crippen LogP contribution in [-0.4, -0.2) is 15.6 Å². The first-order valence-electron chi connectivity index (χ1n) is 6.78. The first kappa shape index (κ1) is 16.2. The van der Waals surface area contributed by atoms with E-state index in [-0.39, 0.29) is 11.0 Å². The lowest BCUT2D eigenvalue weighted by atomic mass is 9.90. The molecule has 0 fully saturated rings. The zero-order valence-electron chi connectivity index (χ0n) is 12.8. The van der Waals surface area contributed by atoms with Crippen LogP contribution in [0.1, 0.15) is 45.9 Å². The second-order valence-electron chi connectivity index (χ2n) is 6.41. The highest BCUT2D eigenvalue weighted by Crippen LogP contribution is 2.22. The molecule has 1 aromatic rings. The molecule has 1 aromatic heterocycles. The molecule has 1 N–H and O–H groups in total. The minimum Gasteiger partial charge on any atom is -0.478 e. The van der Waals surface area contributed by atoms with Gasteiger partial charge in [-0.2, -0.15) is 0 Å². The van der Waals surface area contributed by atoms with E-state index in [1.807, 2.05) is 6.07 Å². The number of aliphatic carboxylic acids is 1. The molecule has 110 valence electrons. The van der Waals surface area contributed by atoms with E-state index < -0.39 is 5.97 Å². The minimum atomic E-state index is -1.06. The largest absolute Gasteiger partial charge is 0.478 e. The first-order valence-corrected chi connectivity index (χ1v) is 6.78. The summed E-state index contributed by atoms with van der Waals surface area (Å²) in [5.41, 5.74) is 1.09. The van der Waals surface area contributed by atoms with Crippen LogP contribution in [0, 0.1) is 5.92 Å². The number of hydrogen-bond acceptors (Lipinski definition) is 2. The molecule has 0 radical (unpaired) electrons. The van der Waals surface area contributed by atoms with Crippen molar-refractivity contribution in [2.75, 3.05) is 0 Å². The van der Waals surface area contributed by atoms with Crippen molar-refractivity contribution in [2.24, 2.45) is 5.92 Å². The van der Waals surface area contributed by atoms with E-state index in [1.54, 1.807) is 10.6 Å². The molecule has 0 saturated carbocycles. The fourth-order valence-electron chi connectivity index (χ4n) is 2.08. The summed E-state index contributed by atoms with van der Waals surface area (Å²) < 4.78 is 1.76. The lowest BCUT2D eigenvalue weighted by Gasteiger charge is -2.25. The smallest absolute Gasteiger partial charge is 0.328 e. The molecule has 1 heterocycles. The molecule has 1 rings (SSSR count). The molecule has 20 heavy (non-hydrogen) atoms. The van der Waals surface area contributed by atoms with Gasteiger partial charge in [-0.25, -0.2) is 4.79 Å². The zero-order chi connectivity index (χ0) is 15.5. The third kappa shape index (κ3) is 4.08. The normalized spacial score (nSPS) is 12.3. The second-order valence-corrected chi connectivity index (χ2v) is 6.41. The highest BCUT2D eigenvalue weighted by atomic mass is 16.4. The Kier molecular flexibility index (Phi) is 4.93. The Morgan fingerprint density at radius 3 is 2.40 bits per heavy atom. The molecule has 0 aromatic carbocycles. The van der Waals surface area contributed by atoms with Crippen LogP contribution in [0.25, 0.3) is 6.08 Å². The first-order chi connectivity index (χ1) is 9.12. The molecule has 0 bridgehead atoms. The number of hydrogen-bond donors (Lipinski definition) is 1. The van der Waals surface area contributed by atoms with Gasteiger partial charge < -0.3 is 9.67 Å². The van der Waals surface area contributed by atoms with E-state index in [9.17, 15) is 9.59 Å². The number of nitrogens with zero attached hydrogens (tertiary/aromatic N) is 1. The van der Waals surface area contributed by atoms with Gasteiger partial charge in [-0.05, 0) is 24.1 Å². The summed E-state index contributed by atoms with van der Waals surface area (Å²) in [7, 11) is 0. The Morgan fingerprint density at radius 2 is 1.95 bits per heavy atom. The van der Waals surface area contributed by atoms with Crippen LogP contribution >= 0.6 is 0 Å². The molecule has 0 saturated heterocycles. The van der Waals surface area contributed by atoms with Gasteiger partial charge in [0.05, 0.1) is 0 Å². The maximum Gasteiger partial charge on any atom is 0.328 e. The molecule has 0 aliphatic carbocycles. The third-order valence-electron chi connectivity index (χ3n) is 2.93. The lowest BCUT2D eigenvalue weighted by molar-refractivity contribution is -0.131. The summed E-state index contributed by atoms with van der Waals surface area (Å²) >= 11 is 0. The summed E-state index contributed by atoms with van der Waals surface area (Å²) in [6.45, 7) is 10.9. The van der Waals surface area contributed by atoms with Gasteiger partial charge in [0.25, 0.3) is 5.56 Å². The van der Waals surface area contributed by atoms with Crippen molar-refractivity contribution in [3.63, 3.8) is 0 Å². The summed E-state index contributed by atoms with van der Waals surface area (Å²) in [5, 5.41) is 8.67. The number of carboxylic acids is 1. The summed E-state index contributed by atoms with van der Waals surface area (Å²) in [6.07, 6.45) is 2.35. The molecule has 0 aliphatic rings. The monoisotopic (exact) mass is 277 g/mol. The van der Waals surface area contributed by atoms with Crippen molar-refractivity contribution in [2.45, 2.75) is 46.6 Å². The molecular formula is C16H23NO3. The fraction of sp³-hybridized carbons (Fsp3) is 0.500. The molecule has 0 atom stereocenters. The Hall–Kier alpha value is -1.84. The van der Waals surface area contributed by atoms with Crippen molar-refractivity contribution in [1.29, 1.82) is 0 Å². The number of pyridine rings is 1. The molecule has 4 heteroatoms. The van der Waals surface area contributed by atoms with Crippen LogP contribution in [0.2, 0.25) is 0 Å². The maximum atomic E-state index is 12.5. The summed E-state index contributed by atoms with van der Waals surface area (Å²) in [5.74, 6) is -0.716. The van der Waals surface area contributed by atoms with E-state index in [2.05, 4.69) is 34.6 Å². The van der Waals surface area contributed by atoms with Crippen LogP contribution in [0.4, 0.5) is 0 Å². The van der Waals surface area contributed by atoms with Crippen LogP contribution < -0.4 is 5.56 Å². The zero-order valence-corrected chi connectivity index (χ0v) is 12.8.